The van der Waals surface area contributed by atoms with E-state index in [1.54, 1.807) is 11.8 Å². The van der Waals surface area contributed by atoms with Gasteiger partial charge in [0.1, 0.15) is 11.4 Å². The van der Waals surface area contributed by atoms with Crippen LogP contribution in [0.2, 0.25) is 0 Å². The molecule has 0 bridgehead atoms. The van der Waals surface area contributed by atoms with Gasteiger partial charge >= 0.3 is 12.1 Å². The summed E-state index contributed by atoms with van der Waals surface area (Å²) in [6.45, 7) is 3.79. The van der Waals surface area contributed by atoms with Crippen LogP contribution in [0.5, 0.6) is 0 Å². The Balaban J connectivity index is 1.68. The number of hydrogen-bond donors (Lipinski definition) is 2. The number of methoxy groups -OCH3 is 1. The summed E-state index contributed by atoms with van der Waals surface area (Å²) < 4.78 is 7.17. The predicted molar refractivity (Wildman–Crippen MR) is 141 cm³/mol. The summed E-state index contributed by atoms with van der Waals surface area (Å²) in [5, 5.41) is 21.6. The van der Waals surface area contributed by atoms with Crippen molar-refractivity contribution in [2.75, 3.05) is 12.0 Å². The number of carboxylic acids is 1. The van der Waals surface area contributed by atoms with Gasteiger partial charge in [-0.05, 0) is 63.6 Å². The second kappa shape index (κ2) is 9.82. The Kier molecular flexibility index (Phi) is 6.70. The van der Waals surface area contributed by atoms with Crippen LogP contribution in [0.15, 0.2) is 42.5 Å². The Labute approximate surface area is 216 Å². The highest BCUT2D eigenvalue weighted by Gasteiger charge is 2.38. The number of aliphatic hydroxyl groups is 1. The minimum atomic E-state index is -1.28. The van der Waals surface area contributed by atoms with Crippen LogP contribution in [0.4, 0.5) is 10.5 Å². The first-order valence-electron chi connectivity index (χ1n) is 13.1. The predicted octanol–water partition coefficient (Wildman–Crippen LogP) is 5.21. The van der Waals surface area contributed by atoms with Crippen molar-refractivity contribution in [1.82, 2.24) is 9.55 Å². The van der Waals surface area contributed by atoms with Crippen molar-refractivity contribution in [1.29, 1.82) is 0 Å². The maximum absolute atomic E-state index is 12.6. The quantitative estimate of drug-likeness (QED) is 0.493. The monoisotopic (exact) mass is 505 g/mol. The minimum absolute atomic E-state index is 0.00480. The number of amides is 1. The number of aliphatic carboxylic acids is 1. The molecule has 2 aliphatic rings. The second-order valence-corrected chi connectivity index (χ2v) is 10.8. The van der Waals surface area contributed by atoms with Gasteiger partial charge in [0.2, 0.25) is 0 Å². The summed E-state index contributed by atoms with van der Waals surface area (Å²) in [5.74, 6) is -0.651. The van der Waals surface area contributed by atoms with Gasteiger partial charge in [0.15, 0.2) is 0 Å². The molecule has 1 unspecified atom stereocenters. The van der Waals surface area contributed by atoms with E-state index in [1.807, 2.05) is 49.4 Å². The van der Waals surface area contributed by atoms with E-state index in [-0.39, 0.29) is 12.1 Å². The third-order valence-electron chi connectivity index (χ3n) is 8.06. The molecule has 4 atom stereocenters. The molecule has 0 saturated heterocycles. The third-order valence-corrected chi connectivity index (χ3v) is 8.06. The van der Waals surface area contributed by atoms with Crippen molar-refractivity contribution in [3.8, 4) is 0 Å². The van der Waals surface area contributed by atoms with E-state index in [1.165, 1.54) is 7.11 Å². The summed E-state index contributed by atoms with van der Waals surface area (Å²) in [4.78, 5) is 31.3. The normalized spacial score (nSPS) is 23.4. The third kappa shape index (κ3) is 4.59. The number of nitrogens with zero attached hydrogens (tertiary/aromatic N) is 3. The van der Waals surface area contributed by atoms with Crippen LogP contribution < -0.4 is 4.90 Å². The number of carbonyl (C=O) groups excluding carboxylic acids is 1. The lowest BCUT2D eigenvalue weighted by atomic mass is 9.85. The average molecular weight is 506 g/mol. The van der Waals surface area contributed by atoms with Gasteiger partial charge in [0, 0.05) is 24.1 Å². The van der Waals surface area contributed by atoms with Crippen LogP contribution in [0, 0.1) is 5.92 Å². The first-order chi connectivity index (χ1) is 17.7. The number of aryl methyl sites for hydroxylation is 1. The van der Waals surface area contributed by atoms with Gasteiger partial charge in [-0.2, -0.15) is 0 Å². The molecule has 2 N–H and O–H groups in total. The van der Waals surface area contributed by atoms with Crippen LogP contribution >= 0.6 is 0 Å². The van der Waals surface area contributed by atoms with Gasteiger partial charge in [-0.3, -0.25) is 9.69 Å². The Bertz CT molecular complexity index is 1320. The van der Waals surface area contributed by atoms with Crippen molar-refractivity contribution < 1.29 is 24.5 Å². The molecule has 1 fully saturated rings. The maximum atomic E-state index is 12.6. The maximum Gasteiger partial charge on any atom is 0.414 e. The van der Waals surface area contributed by atoms with Gasteiger partial charge in [-0.1, -0.05) is 36.8 Å². The largest absolute Gasteiger partial charge is 0.481 e. The molecule has 1 saturated carbocycles. The van der Waals surface area contributed by atoms with E-state index < -0.39 is 23.6 Å². The van der Waals surface area contributed by atoms with E-state index in [9.17, 15) is 19.8 Å². The molecule has 1 aromatic heterocycles. The average Bonchev–Trinajstić information content (AvgIpc) is 3.29. The molecule has 0 radical (unpaired) electrons. The lowest BCUT2D eigenvalue weighted by Crippen LogP contribution is -2.42. The van der Waals surface area contributed by atoms with E-state index >= 15 is 0 Å². The summed E-state index contributed by atoms with van der Waals surface area (Å²) in [7, 11) is 1.39. The molecule has 1 aliphatic heterocycles. The Hall–Kier alpha value is -3.39. The molecule has 8 heteroatoms. The molecular weight excluding hydrogens is 470 g/mol. The first-order valence-corrected chi connectivity index (χ1v) is 13.1. The van der Waals surface area contributed by atoms with E-state index in [2.05, 4.69) is 4.57 Å². The molecule has 0 spiro atoms. The highest BCUT2D eigenvalue weighted by Crippen LogP contribution is 2.42. The van der Waals surface area contributed by atoms with Crippen molar-refractivity contribution in [3.05, 3.63) is 59.4 Å². The molecule has 2 aromatic carbocycles. The molecule has 1 amide bonds. The summed E-state index contributed by atoms with van der Waals surface area (Å²) in [6.07, 6.45) is 4.29. The fourth-order valence-corrected chi connectivity index (χ4v) is 6.22. The molecule has 5 rings (SSSR count). The van der Waals surface area contributed by atoms with Gasteiger partial charge < -0.3 is 19.5 Å². The van der Waals surface area contributed by atoms with Crippen LogP contribution in [-0.4, -0.2) is 45.0 Å². The standard InChI is InChI=1S/C29H35N3O5/c1-18-12-13-22-23(31(18)28(35)37-3)14-15-24-25(22)30-27(29(2,36)17-19-8-5-4-6-9-19)32(24)21-11-7-10-20(16-21)26(33)34/h4-6,8-9,14-15,18,20-21,36H,7,10-13,16-17H2,1-3H3,(H,33,34)/t18-,20+,21+,29?/m0/s1. The molecule has 8 nitrogen and oxygen atoms in total. The lowest BCUT2D eigenvalue weighted by molar-refractivity contribution is -0.143. The van der Waals surface area contributed by atoms with Crippen molar-refractivity contribution in [2.45, 2.75) is 76.5 Å². The first kappa shape index (κ1) is 25.3. The number of fused-ring (bicyclic) bond motifs is 3. The zero-order valence-electron chi connectivity index (χ0n) is 21.7. The fourth-order valence-electron chi connectivity index (χ4n) is 6.22. The fraction of sp³-hybridized carbons (Fsp3) is 0.483. The zero-order chi connectivity index (χ0) is 26.3. The smallest absolute Gasteiger partial charge is 0.414 e. The van der Waals surface area contributed by atoms with Crippen LogP contribution in [0.25, 0.3) is 11.0 Å². The molecule has 2 heterocycles. The van der Waals surface area contributed by atoms with Crippen LogP contribution in [-0.2, 0) is 28.0 Å². The number of anilines is 1. The van der Waals surface area contributed by atoms with Crippen molar-refractivity contribution >= 4 is 28.8 Å². The van der Waals surface area contributed by atoms with Crippen LogP contribution in [0.1, 0.15) is 68.9 Å². The van der Waals surface area contributed by atoms with Crippen molar-refractivity contribution in [3.63, 3.8) is 0 Å². The van der Waals surface area contributed by atoms with Gasteiger partial charge in [0.25, 0.3) is 0 Å². The number of aromatic nitrogens is 2. The second-order valence-electron chi connectivity index (χ2n) is 10.8. The highest BCUT2D eigenvalue weighted by molar-refractivity contribution is 5.95. The Morgan fingerprint density at radius 1 is 1.14 bits per heavy atom. The number of carbonyl (C=O) groups is 2. The van der Waals surface area contributed by atoms with Crippen molar-refractivity contribution in [2.24, 2.45) is 5.92 Å². The number of hydrogen-bond acceptors (Lipinski definition) is 5. The molecule has 196 valence electrons. The number of rotatable bonds is 5. The van der Waals surface area contributed by atoms with E-state index in [0.29, 0.717) is 25.1 Å². The molecule has 1 aliphatic carbocycles. The summed E-state index contributed by atoms with van der Waals surface area (Å²) in [5.41, 5.74) is 3.08. The van der Waals surface area contributed by atoms with Gasteiger partial charge in [-0.15, -0.1) is 0 Å². The SMILES string of the molecule is COC(=O)N1c2ccc3c(nc(C(C)(O)Cc4ccccc4)n3[C@@H]3CCC[C@@H](C(=O)O)C3)c2CC[C@@H]1C. The topological polar surface area (TPSA) is 105 Å². The Morgan fingerprint density at radius 3 is 2.59 bits per heavy atom. The number of imidazole rings is 1. The summed E-state index contributed by atoms with van der Waals surface area (Å²) in [6, 6.07) is 13.6. The van der Waals surface area contributed by atoms with E-state index in [0.717, 1.165) is 53.5 Å². The Morgan fingerprint density at radius 2 is 1.89 bits per heavy atom. The van der Waals surface area contributed by atoms with Crippen LogP contribution in [0.3, 0.4) is 0 Å². The highest BCUT2D eigenvalue weighted by atomic mass is 16.5. The molecular formula is C29H35N3O5. The number of carboxylic acid groups (broad SMARTS) is 1. The molecule has 3 aromatic rings. The van der Waals surface area contributed by atoms with E-state index in [4.69, 9.17) is 9.72 Å². The van der Waals surface area contributed by atoms with Gasteiger partial charge in [-0.25, -0.2) is 9.78 Å². The zero-order valence-corrected chi connectivity index (χ0v) is 21.7. The molecule has 37 heavy (non-hydrogen) atoms. The number of ether oxygens (including phenoxy) is 1. The van der Waals surface area contributed by atoms with Gasteiger partial charge in [0.05, 0.1) is 29.7 Å². The lowest BCUT2D eigenvalue weighted by Gasteiger charge is -2.34. The number of benzene rings is 2. The summed E-state index contributed by atoms with van der Waals surface area (Å²) >= 11 is 0. The minimum Gasteiger partial charge on any atom is -0.481 e.